The van der Waals surface area contributed by atoms with Crippen LogP contribution in [0.15, 0.2) is 24.5 Å². The number of nitrogens with zero attached hydrogens (tertiary/aromatic N) is 3. The Bertz CT molecular complexity index is 597. The molecule has 5 nitrogen and oxygen atoms in total. The minimum atomic E-state index is -0.778. The summed E-state index contributed by atoms with van der Waals surface area (Å²) < 4.78 is 3.97. The molecule has 0 fully saturated rings. The van der Waals surface area contributed by atoms with E-state index in [2.05, 4.69) is 4.98 Å². The molecule has 18 heavy (non-hydrogen) atoms. The van der Waals surface area contributed by atoms with E-state index >= 15 is 0 Å². The van der Waals surface area contributed by atoms with E-state index in [1.807, 2.05) is 40.7 Å². The predicted octanol–water partition coefficient (Wildman–Crippen LogP) is 1.85. The first kappa shape index (κ1) is 11.1. The van der Waals surface area contributed by atoms with E-state index in [4.69, 9.17) is 0 Å². The SMILES string of the molecule is Cn1cccc1-c1cn2c(n1)C(C(=O)O)CCC2. The number of carboxylic acids is 1. The molecule has 0 spiro atoms. The van der Waals surface area contributed by atoms with Crippen molar-refractivity contribution in [2.75, 3.05) is 0 Å². The zero-order valence-corrected chi connectivity index (χ0v) is 10.2. The minimum absolute atomic E-state index is 0.465. The van der Waals surface area contributed by atoms with Gasteiger partial charge in [0, 0.05) is 26.0 Å². The monoisotopic (exact) mass is 245 g/mol. The van der Waals surface area contributed by atoms with E-state index in [9.17, 15) is 9.90 Å². The third kappa shape index (κ3) is 1.63. The average Bonchev–Trinajstić information content (AvgIpc) is 2.92. The fourth-order valence-electron chi connectivity index (χ4n) is 2.57. The highest BCUT2D eigenvalue weighted by Gasteiger charge is 2.29. The fourth-order valence-corrected chi connectivity index (χ4v) is 2.57. The number of carbonyl (C=O) groups is 1. The van der Waals surface area contributed by atoms with Crippen LogP contribution in [-0.2, 0) is 18.4 Å². The Labute approximate surface area is 105 Å². The lowest BCUT2D eigenvalue weighted by molar-refractivity contribution is -0.139. The molecule has 0 saturated heterocycles. The molecule has 2 aromatic heterocycles. The number of aromatic nitrogens is 3. The number of rotatable bonds is 2. The molecule has 0 aliphatic carbocycles. The summed E-state index contributed by atoms with van der Waals surface area (Å²) >= 11 is 0. The summed E-state index contributed by atoms with van der Waals surface area (Å²) in [6, 6.07) is 3.95. The molecule has 1 unspecified atom stereocenters. The van der Waals surface area contributed by atoms with Crippen LogP contribution in [0.2, 0.25) is 0 Å². The maximum Gasteiger partial charge on any atom is 0.314 e. The van der Waals surface area contributed by atoms with Crippen LogP contribution < -0.4 is 0 Å². The summed E-state index contributed by atoms with van der Waals surface area (Å²) in [5, 5.41) is 9.22. The molecular weight excluding hydrogens is 230 g/mol. The van der Waals surface area contributed by atoms with Crippen molar-refractivity contribution in [1.29, 1.82) is 0 Å². The molecule has 5 heteroatoms. The molecule has 1 atom stereocenters. The summed E-state index contributed by atoms with van der Waals surface area (Å²) in [5.41, 5.74) is 1.87. The van der Waals surface area contributed by atoms with Gasteiger partial charge in [0.25, 0.3) is 0 Å². The van der Waals surface area contributed by atoms with Gasteiger partial charge in [-0.1, -0.05) is 0 Å². The Morgan fingerprint density at radius 2 is 2.39 bits per heavy atom. The third-order valence-electron chi connectivity index (χ3n) is 3.52. The van der Waals surface area contributed by atoms with Crippen LogP contribution in [0.5, 0.6) is 0 Å². The second kappa shape index (κ2) is 4.01. The number of carboxylic acid groups (broad SMARTS) is 1. The lowest BCUT2D eigenvalue weighted by Crippen LogP contribution is -2.21. The molecule has 3 heterocycles. The van der Waals surface area contributed by atoms with Crippen molar-refractivity contribution in [2.45, 2.75) is 25.3 Å². The quantitative estimate of drug-likeness (QED) is 0.878. The number of aliphatic carboxylic acids is 1. The molecule has 0 bridgehead atoms. The largest absolute Gasteiger partial charge is 0.481 e. The first-order valence-corrected chi connectivity index (χ1v) is 6.08. The summed E-state index contributed by atoms with van der Waals surface area (Å²) in [6.45, 7) is 0.858. The first-order chi connectivity index (χ1) is 8.66. The molecule has 1 aliphatic heterocycles. The van der Waals surface area contributed by atoms with E-state index in [1.54, 1.807) is 0 Å². The number of fused-ring (bicyclic) bond motifs is 1. The van der Waals surface area contributed by atoms with Crippen LogP contribution in [0.25, 0.3) is 11.4 Å². The van der Waals surface area contributed by atoms with E-state index in [-0.39, 0.29) is 0 Å². The van der Waals surface area contributed by atoms with Crippen LogP contribution in [-0.4, -0.2) is 25.2 Å². The van der Waals surface area contributed by atoms with Gasteiger partial charge in [0.05, 0.1) is 5.69 Å². The number of hydrogen-bond acceptors (Lipinski definition) is 2. The molecule has 1 aliphatic rings. The average molecular weight is 245 g/mol. The molecule has 0 amide bonds. The van der Waals surface area contributed by atoms with Gasteiger partial charge in [-0.15, -0.1) is 0 Å². The molecule has 0 radical (unpaired) electrons. The van der Waals surface area contributed by atoms with Gasteiger partial charge in [-0.25, -0.2) is 4.98 Å². The minimum Gasteiger partial charge on any atom is -0.481 e. The smallest absolute Gasteiger partial charge is 0.314 e. The molecule has 3 rings (SSSR count). The predicted molar refractivity (Wildman–Crippen MR) is 66.2 cm³/mol. The zero-order chi connectivity index (χ0) is 12.7. The normalized spacial score (nSPS) is 18.6. The Balaban J connectivity index is 2.06. The standard InChI is InChI=1S/C13H15N3O2/c1-15-6-3-5-11(15)10-8-16-7-2-4-9(13(17)18)12(16)14-10/h3,5-6,8-9H,2,4,7H2,1H3,(H,17,18). The summed E-state index contributed by atoms with van der Waals surface area (Å²) in [6.07, 6.45) is 5.49. The van der Waals surface area contributed by atoms with E-state index in [0.29, 0.717) is 12.2 Å². The van der Waals surface area contributed by atoms with Gasteiger partial charge in [0.15, 0.2) is 0 Å². The van der Waals surface area contributed by atoms with Gasteiger partial charge in [0.1, 0.15) is 17.4 Å². The van der Waals surface area contributed by atoms with Crippen molar-refractivity contribution in [3.8, 4) is 11.4 Å². The van der Waals surface area contributed by atoms with Gasteiger partial charge in [-0.2, -0.15) is 0 Å². The van der Waals surface area contributed by atoms with Crippen LogP contribution in [0.1, 0.15) is 24.6 Å². The van der Waals surface area contributed by atoms with E-state index in [1.165, 1.54) is 0 Å². The summed E-state index contributed by atoms with van der Waals surface area (Å²) in [5.74, 6) is -0.558. The highest BCUT2D eigenvalue weighted by Crippen LogP contribution is 2.29. The molecule has 2 aromatic rings. The number of aryl methyl sites for hydroxylation is 2. The molecular formula is C13H15N3O2. The van der Waals surface area contributed by atoms with E-state index < -0.39 is 11.9 Å². The lowest BCUT2D eigenvalue weighted by atomic mass is 9.99. The topological polar surface area (TPSA) is 60.0 Å². The Morgan fingerprint density at radius 1 is 1.56 bits per heavy atom. The van der Waals surface area contributed by atoms with Gasteiger partial charge in [-0.05, 0) is 25.0 Å². The van der Waals surface area contributed by atoms with Crippen LogP contribution in [0.4, 0.5) is 0 Å². The van der Waals surface area contributed by atoms with Gasteiger partial charge >= 0.3 is 5.97 Å². The Morgan fingerprint density at radius 3 is 3.06 bits per heavy atom. The third-order valence-corrected chi connectivity index (χ3v) is 3.52. The summed E-state index contributed by atoms with van der Waals surface area (Å²) in [7, 11) is 1.96. The molecule has 1 N–H and O–H groups in total. The summed E-state index contributed by atoms with van der Waals surface area (Å²) in [4.78, 5) is 15.7. The van der Waals surface area contributed by atoms with E-state index in [0.717, 1.165) is 24.4 Å². The highest BCUT2D eigenvalue weighted by atomic mass is 16.4. The van der Waals surface area contributed by atoms with Crippen molar-refractivity contribution in [3.05, 3.63) is 30.4 Å². The van der Waals surface area contributed by atoms with Crippen molar-refractivity contribution in [2.24, 2.45) is 7.05 Å². The molecule has 0 aromatic carbocycles. The highest BCUT2D eigenvalue weighted by molar-refractivity contribution is 5.75. The number of imidazole rings is 1. The lowest BCUT2D eigenvalue weighted by Gasteiger charge is -2.19. The van der Waals surface area contributed by atoms with Crippen LogP contribution in [0, 0.1) is 0 Å². The maximum atomic E-state index is 11.2. The Hall–Kier alpha value is -2.04. The van der Waals surface area contributed by atoms with Gasteiger partial charge in [-0.3, -0.25) is 4.79 Å². The second-order valence-corrected chi connectivity index (χ2v) is 4.72. The van der Waals surface area contributed by atoms with Gasteiger partial charge in [0.2, 0.25) is 0 Å². The van der Waals surface area contributed by atoms with Crippen molar-refractivity contribution < 1.29 is 9.90 Å². The maximum absolute atomic E-state index is 11.2. The van der Waals surface area contributed by atoms with Gasteiger partial charge < -0.3 is 14.2 Å². The van der Waals surface area contributed by atoms with Crippen molar-refractivity contribution >= 4 is 5.97 Å². The molecule has 0 saturated carbocycles. The number of hydrogen-bond donors (Lipinski definition) is 1. The fraction of sp³-hybridized carbons (Fsp3) is 0.385. The Kier molecular flexibility index (Phi) is 2.47. The van der Waals surface area contributed by atoms with Crippen molar-refractivity contribution in [1.82, 2.24) is 14.1 Å². The van der Waals surface area contributed by atoms with Crippen LogP contribution >= 0.6 is 0 Å². The second-order valence-electron chi connectivity index (χ2n) is 4.72. The molecule has 94 valence electrons. The first-order valence-electron chi connectivity index (χ1n) is 6.08. The van der Waals surface area contributed by atoms with Crippen LogP contribution in [0.3, 0.4) is 0 Å². The zero-order valence-electron chi connectivity index (χ0n) is 10.2. The van der Waals surface area contributed by atoms with Crippen molar-refractivity contribution in [3.63, 3.8) is 0 Å².